The van der Waals surface area contributed by atoms with Gasteiger partial charge in [-0.3, -0.25) is 0 Å². The zero-order valence-electron chi connectivity index (χ0n) is 8.96. The van der Waals surface area contributed by atoms with E-state index in [1.165, 1.54) is 6.20 Å². The minimum atomic E-state index is -2.98. The molecule has 0 aliphatic carbocycles. The molecule has 1 aromatic rings. The summed E-state index contributed by atoms with van der Waals surface area (Å²) >= 11 is 0. The molecule has 2 rings (SSSR count). The molecule has 1 fully saturated rings. The number of sulfone groups is 1. The average molecular weight is 256 g/mol. The van der Waals surface area contributed by atoms with Crippen LogP contribution in [0.3, 0.4) is 0 Å². The zero-order chi connectivity index (χ0) is 12.5. The Kier molecular flexibility index (Phi) is 3.01. The molecule has 0 saturated carbocycles. The van der Waals surface area contributed by atoms with Crippen molar-refractivity contribution in [3.8, 4) is 0 Å². The number of carboxylic acids is 1. The number of pyridine rings is 1. The van der Waals surface area contributed by atoms with E-state index >= 15 is 0 Å². The quantitative estimate of drug-likeness (QED) is 0.811. The molecule has 2 N–H and O–H groups in total. The third-order valence-electron chi connectivity index (χ3n) is 2.60. The predicted octanol–water partition coefficient (Wildman–Crippen LogP) is 0.379. The first-order valence-corrected chi connectivity index (χ1v) is 6.95. The van der Waals surface area contributed by atoms with Crippen LogP contribution >= 0.6 is 0 Å². The standard InChI is InChI=1S/C10H12N2O4S/c13-10(14)9-8(2-1-4-11-9)12-7-3-5-17(15,16)6-7/h1-2,4,7,12H,3,5-6H2,(H,13,14). The van der Waals surface area contributed by atoms with Gasteiger partial charge in [-0.15, -0.1) is 0 Å². The maximum absolute atomic E-state index is 11.3. The third kappa shape index (κ3) is 2.73. The molecule has 2 heterocycles. The number of hydrogen-bond acceptors (Lipinski definition) is 5. The van der Waals surface area contributed by atoms with Crippen LogP contribution in [0.1, 0.15) is 16.9 Å². The van der Waals surface area contributed by atoms with Crippen molar-refractivity contribution in [3.63, 3.8) is 0 Å². The number of anilines is 1. The van der Waals surface area contributed by atoms with Crippen LogP contribution in [0.15, 0.2) is 18.3 Å². The van der Waals surface area contributed by atoms with Gasteiger partial charge in [0.15, 0.2) is 15.5 Å². The van der Waals surface area contributed by atoms with Gasteiger partial charge in [-0.05, 0) is 18.6 Å². The molecule has 92 valence electrons. The molecule has 17 heavy (non-hydrogen) atoms. The number of nitrogens with one attached hydrogen (secondary N) is 1. The van der Waals surface area contributed by atoms with Gasteiger partial charge in [0.1, 0.15) is 0 Å². The summed E-state index contributed by atoms with van der Waals surface area (Å²) in [5.74, 6) is -0.942. The van der Waals surface area contributed by atoms with Crippen LogP contribution in [0.2, 0.25) is 0 Å². The lowest BCUT2D eigenvalue weighted by atomic mass is 10.2. The molecule has 0 amide bonds. The van der Waals surface area contributed by atoms with Crippen molar-refractivity contribution in [1.29, 1.82) is 0 Å². The predicted molar refractivity (Wildman–Crippen MR) is 61.9 cm³/mol. The fourth-order valence-electron chi connectivity index (χ4n) is 1.82. The average Bonchev–Trinajstić information content (AvgIpc) is 2.58. The highest BCUT2D eigenvalue weighted by Gasteiger charge is 2.28. The smallest absolute Gasteiger partial charge is 0.356 e. The number of aromatic carboxylic acids is 1. The van der Waals surface area contributed by atoms with Gasteiger partial charge in [-0.1, -0.05) is 0 Å². The van der Waals surface area contributed by atoms with Gasteiger partial charge in [0.2, 0.25) is 0 Å². The Morgan fingerprint density at radius 1 is 1.53 bits per heavy atom. The van der Waals surface area contributed by atoms with Gasteiger partial charge >= 0.3 is 5.97 Å². The lowest BCUT2D eigenvalue weighted by Gasteiger charge is -2.13. The first-order chi connectivity index (χ1) is 7.98. The van der Waals surface area contributed by atoms with E-state index in [0.717, 1.165) is 0 Å². The lowest BCUT2D eigenvalue weighted by Crippen LogP contribution is -2.22. The van der Waals surface area contributed by atoms with Crippen LogP contribution in [0, 0.1) is 0 Å². The zero-order valence-corrected chi connectivity index (χ0v) is 9.77. The molecule has 1 atom stereocenters. The molecule has 1 aliphatic heterocycles. The minimum Gasteiger partial charge on any atom is -0.476 e. The van der Waals surface area contributed by atoms with Crippen molar-refractivity contribution < 1.29 is 18.3 Å². The van der Waals surface area contributed by atoms with E-state index in [9.17, 15) is 13.2 Å². The number of hydrogen-bond donors (Lipinski definition) is 2. The number of rotatable bonds is 3. The van der Waals surface area contributed by atoms with Gasteiger partial charge in [-0.2, -0.15) is 0 Å². The SMILES string of the molecule is O=C(O)c1ncccc1NC1CCS(=O)(=O)C1. The molecule has 0 spiro atoms. The van der Waals surface area contributed by atoms with E-state index < -0.39 is 15.8 Å². The van der Waals surface area contributed by atoms with Crippen LogP contribution in [-0.4, -0.2) is 42.0 Å². The molecule has 0 radical (unpaired) electrons. The maximum atomic E-state index is 11.3. The minimum absolute atomic E-state index is 0.0426. The highest BCUT2D eigenvalue weighted by Crippen LogP contribution is 2.19. The Hall–Kier alpha value is -1.63. The monoisotopic (exact) mass is 256 g/mol. The Balaban J connectivity index is 2.17. The third-order valence-corrected chi connectivity index (χ3v) is 4.37. The molecule has 1 saturated heterocycles. The fourth-order valence-corrected chi connectivity index (χ4v) is 3.49. The van der Waals surface area contributed by atoms with Crippen molar-refractivity contribution in [2.24, 2.45) is 0 Å². The van der Waals surface area contributed by atoms with Crippen molar-refractivity contribution >= 4 is 21.5 Å². The molecule has 1 aliphatic rings. The second kappa shape index (κ2) is 4.33. The Morgan fingerprint density at radius 3 is 2.88 bits per heavy atom. The van der Waals surface area contributed by atoms with Crippen LogP contribution < -0.4 is 5.32 Å². The number of aromatic nitrogens is 1. The van der Waals surface area contributed by atoms with E-state index in [0.29, 0.717) is 12.1 Å². The van der Waals surface area contributed by atoms with Gasteiger partial charge < -0.3 is 10.4 Å². The van der Waals surface area contributed by atoms with E-state index in [2.05, 4.69) is 10.3 Å². The molecule has 7 heteroatoms. The topological polar surface area (TPSA) is 96.4 Å². The van der Waals surface area contributed by atoms with Crippen LogP contribution in [0.25, 0.3) is 0 Å². The van der Waals surface area contributed by atoms with Crippen LogP contribution in [0.4, 0.5) is 5.69 Å². The number of carboxylic acid groups (broad SMARTS) is 1. The van der Waals surface area contributed by atoms with Crippen molar-refractivity contribution in [3.05, 3.63) is 24.0 Å². The van der Waals surface area contributed by atoms with E-state index in [-0.39, 0.29) is 23.2 Å². The first-order valence-electron chi connectivity index (χ1n) is 5.13. The largest absolute Gasteiger partial charge is 0.476 e. The van der Waals surface area contributed by atoms with Gasteiger partial charge in [0.05, 0.1) is 17.2 Å². The number of nitrogens with zero attached hydrogens (tertiary/aromatic N) is 1. The first kappa shape index (κ1) is 11.8. The summed E-state index contributed by atoms with van der Waals surface area (Å²) < 4.78 is 22.6. The summed E-state index contributed by atoms with van der Waals surface area (Å²) in [6.07, 6.45) is 1.89. The molecular weight excluding hydrogens is 244 g/mol. The van der Waals surface area contributed by atoms with Crippen molar-refractivity contribution in [1.82, 2.24) is 4.98 Å². The van der Waals surface area contributed by atoms with Gasteiger partial charge in [-0.25, -0.2) is 18.2 Å². The van der Waals surface area contributed by atoms with Crippen LogP contribution in [0.5, 0.6) is 0 Å². The van der Waals surface area contributed by atoms with Crippen molar-refractivity contribution in [2.75, 3.05) is 16.8 Å². The normalized spacial score (nSPS) is 22.2. The fraction of sp³-hybridized carbons (Fsp3) is 0.400. The number of carbonyl (C=O) groups is 1. The Morgan fingerprint density at radius 2 is 2.29 bits per heavy atom. The Bertz CT molecular complexity index is 541. The van der Waals surface area contributed by atoms with E-state index in [1.807, 2.05) is 0 Å². The lowest BCUT2D eigenvalue weighted by molar-refractivity contribution is 0.0691. The van der Waals surface area contributed by atoms with E-state index in [1.54, 1.807) is 12.1 Å². The molecule has 1 aromatic heterocycles. The van der Waals surface area contributed by atoms with Crippen molar-refractivity contribution in [2.45, 2.75) is 12.5 Å². The van der Waals surface area contributed by atoms with E-state index in [4.69, 9.17) is 5.11 Å². The molecule has 1 unspecified atom stereocenters. The highest BCUT2D eigenvalue weighted by molar-refractivity contribution is 7.91. The summed E-state index contributed by atoms with van der Waals surface area (Å²) in [7, 11) is -2.98. The Labute approximate surface area is 98.6 Å². The van der Waals surface area contributed by atoms with Crippen LogP contribution in [-0.2, 0) is 9.84 Å². The summed E-state index contributed by atoms with van der Waals surface area (Å²) in [5.41, 5.74) is 0.277. The summed E-state index contributed by atoms with van der Waals surface area (Å²) in [6, 6.07) is 2.96. The molecule has 6 nitrogen and oxygen atoms in total. The maximum Gasteiger partial charge on any atom is 0.356 e. The van der Waals surface area contributed by atoms with Gasteiger partial charge in [0, 0.05) is 12.2 Å². The second-order valence-electron chi connectivity index (χ2n) is 3.95. The second-order valence-corrected chi connectivity index (χ2v) is 6.18. The van der Waals surface area contributed by atoms with Gasteiger partial charge in [0.25, 0.3) is 0 Å². The highest BCUT2D eigenvalue weighted by atomic mass is 32.2. The molecule has 0 aromatic carbocycles. The molecular formula is C10H12N2O4S. The summed E-state index contributed by atoms with van der Waals surface area (Å²) in [4.78, 5) is 14.6. The molecule has 0 bridgehead atoms. The summed E-state index contributed by atoms with van der Waals surface area (Å²) in [6.45, 7) is 0. The summed E-state index contributed by atoms with van der Waals surface area (Å²) in [5, 5.41) is 11.8.